The minimum Gasteiger partial charge on any atom is -0.461 e. The van der Waals surface area contributed by atoms with E-state index in [0.717, 1.165) is 51.3 Å². The van der Waals surface area contributed by atoms with Crippen LogP contribution in [0.1, 0.15) is 31.3 Å². The van der Waals surface area contributed by atoms with Crippen molar-refractivity contribution >= 4 is 18.4 Å². The lowest BCUT2D eigenvalue weighted by Crippen LogP contribution is -2.29. The normalized spacial score (nSPS) is 11.2. The van der Waals surface area contributed by atoms with Crippen molar-refractivity contribution in [1.29, 1.82) is 0 Å². The molecule has 0 atom stereocenters. The summed E-state index contributed by atoms with van der Waals surface area (Å²) in [6.45, 7) is 6.66. The lowest BCUT2D eigenvalue weighted by atomic mass is 10.3. The van der Waals surface area contributed by atoms with Gasteiger partial charge < -0.3 is 19.0 Å². The molecule has 25 heavy (non-hydrogen) atoms. The molecule has 146 valence electrons. The average molecular weight is 376 g/mol. The number of hydrogen-bond donors (Lipinski definition) is 0. The molecule has 7 heteroatoms. The third-order valence-electron chi connectivity index (χ3n) is 3.67. The molecule has 0 aliphatic carbocycles. The topological polar surface area (TPSA) is 49.2 Å². The van der Waals surface area contributed by atoms with E-state index in [1.165, 1.54) is 6.92 Å². The second kappa shape index (κ2) is 13.2. The first-order valence-electron chi connectivity index (χ1n) is 8.59. The Morgan fingerprint density at radius 2 is 1.48 bits per heavy atom. The third kappa shape index (κ3) is 12.0. The van der Waals surface area contributed by atoms with E-state index < -0.39 is 0 Å². The first kappa shape index (κ1) is 23.9. The number of furan rings is 1. The number of carbonyl (C=O) groups excluding carboxylic acids is 1. The largest absolute Gasteiger partial charge is 0.461 e. The summed E-state index contributed by atoms with van der Waals surface area (Å²) >= 11 is 0. The maximum absolute atomic E-state index is 10.9. The molecule has 0 spiro atoms. The fraction of sp³-hybridized carbons (Fsp3) is 0.722. The van der Waals surface area contributed by atoms with Crippen LogP contribution in [-0.4, -0.2) is 75.0 Å². The van der Waals surface area contributed by atoms with E-state index in [0.29, 0.717) is 5.76 Å². The van der Waals surface area contributed by atoms with Crippen molar-refractivity contribution in [3.05, 3.63) is 23.7 Å². The van der Waals surface area contributed by atoms with Crippen LogP contribution < -0.4 is 0 Å². The molecule has 0 aliphatic rings. The zero-order valence-electron chi connectivity index (χ0n) is 16.3. The number of halogens is 1. The fourth-order valence-electron chi connectivity index (χ4n) is 2.47. The van der Waals surface area contributed by atoms with Crippen LogP contribution in [0.5, 0.6) is 0 Å². The predicted octanol–water partition coefficient (Wildman–Crippen LogP) is 2.47. The van der Waals surface area contributed by atoms with Crippen LogP contribution >= 0.6 is 12.4 Å². The van der Waals surface area contributed by atoms with E-state index in [4.69, 9.17) is 9.15 Å². The van der Waals surface area contributed by atoms with Gasteiger partial charge in [-0.05, 0) is 79.3 Å². The summed E-state index contributed by atoms with van der Waals surface area (Å²) in [5.74, 6) is 1.33. The molecule has 6 nitrogen and oxygen atoms in total. The molecule has 1 heterocycles. The molecule has 0 saturated heterocycles. The van der Waals surface area contributed by atoms with Crippen LogP contribution in [0.25, 0.3) is 0 Å². The zero-order chi connectivity index (χ0) is 17.9. The Labute approximate surface area is 158 Å². The molecule has 0 amide bonds. The van der Waals surface area contributed by atoms with Gasteiger partial charge in [-0.3, -0.25) is 9.69 Å². The van der Waals surface area contributed by atoms with E-state index in [9.17, 15) is 4.79 Å². The molecule has 0 saturated carbocycles. The van der Waals surface area contributed by atoms with Gasteiger partial charge in [-0.1, -0.05) is 0 Å². The molecular formula is C18H34ClN3O3. The van der Waals surface area contributed by atoms with E-state index in [-0.39, 0.29) is 25.0 Å². The van der Waals surface area contributed by atoms with Crippen LogP contribution in [0.15, 0.2) is 16.5 Å². The van der Waals surface area contributed by atoms with Gasteiger partial charge in [0.1, 0.15) is 18.1 Å². The molecule has 0 aromatic carbocycles. The summed E-state index contributed by atoms with van der Waals surface area (Å²) in [7, 11) is 8.41. The van der Waals surface area contributed by atoms with Crippen molar-refractivity contribution in [1.82, 2.24) is 14.7 Å². The van der Waals surface area contributed by atoms with Crippen LogP contribution in [0.3, 0.4) is 0 Å². The molecule has 1 aromatic heterocycles. The van der Waals surface area contributed by atoms with Crippen molar-refractivity contribution < 1.29 is 13.9 Å². The van der Waals surface area contributed by atoms with Gasteiger partial charge in [0.2, 0.25) is 0 Å². The zero-order valence-corrected chi connectivity index (χ0v) is 17.1. The lowest BCUT2D eigenvalue weighted by molar-refractivity contribution is -0.142. The predicted molar refractivity (Wildman–Crippen MR) is 103 cm³/mol. The van der Waals surface area contributed by atoms with Crippen molar-refractivity contribution in [2.45, 2.75) is 32.9 Å². The molecule has 0 bridgehead atoms. The van der Waals surface area contributed by atoms with E-state index in [2.05, 4.69) is 42.9 Å². The van der Waals surface area contributed by atoms with Gasteiger partial charge in [0.15, 0.2) is 0 Å². The fourth-order valence-corrected chi connectivity index (χ4v) is 2.47. The molecule has 0 aliphatic heterocycles. The Balaban J connectivity index is 0.00000576. The molecule has 0 unspecified atom stereocenters. The van der Waals surface area contributed by atoms with Crippen LogP contribution in [-0.2, 0) is 22.7 Å². The number of nitrogens with zero attached hydrogens (tertiary/aromatic N) is 3. The molecule has 1 aromatic rings. The van der Waals surface area contributed by atoms with Gasteiger partial charge in [-0.25, -0.2) is 0 Å². The first-order chi connectivity index (χ1) is 11.4. The number of rotatable bonds is 12. The van der Waals surface area contributed by atoms with E-state index in [1.807, 2.05) is 12.1 Å². The van der Waals surface area contributed by atoms with Crippen molar-refractivity contribution in [2.75, 3.05) is 54.4 Å². The Kier molecular flexibility index (Phi) is 12.6. The van der Waals surface area contributed by atoms with Gasteiger partial charge >= 0.3 is 5.97 Å². The average Bonchev–Trinajstić information content (AvgIpc) is 2.91. The second-order valence-corrected chi connectivity index (χ2v) is 6.74. The highest BCUT2D eigenvalue weighted by atomic mass is 35.5. The maximum atomic E-state index is 10.9. The van der Waals surface area contributed by atoms with E-state index >= 15 is 0 Å². The Morgan fingerprint density at radius 3 is 1.96 bits per heavy atom. The minimum absolute atomic E-state index is 0. The Hall–Kier alpha value is -1.08. The Bertz CT molecular complexity index is 464. The highest BCUT2D eigenvalue weighted by Gasteiger charge is 2.10. The van der Waals surface area contributed by atoms with Gasteiger partial charge in [0.05, 0.1) is 6.54 Å². The highest BCUT2D eigenvalue weighted by molar-refractivity contribution is 5.85. The van der Waals surface area contributed by atoms with E-state index in [1.54, 1.807) is 0 Å². The Morgan fingerprint density at radius 1 is 0.960 bits per heavy atom. The van der Waals surface area contributed by atoms with Crippen LogP contribution in [0, 0.1) is 0 Å². The van der Waals surface area contributed by atoms with Gasteiger partial charge in [-0.2, -0.15) is 0 Å². The summed E-state index contributed by atoms with van der Waals surface area (Å²) in [6.07, 6.45) is 2.27. The van der Waals surface area contributed by atoms with Crippen LogP contribution in [0.4, 0.5) is 0 Å². The summed E-state index contributed by atoms with van der Waals surface area (Å²) in [6, 6.07) is 3.86. The first-order valence-corrected chi connectivity index (χ1v) is 8.59. The molecule has 0 fully saturated rings. The third-order valence-corrected chi connectivity index (χ3v) is 3.67. The second-order valence-electron chi connectivity index (χ2n) is 6.74. The SMILES string of the molecule is CC(=O)OCc1ccc(CN(CCCN(C)C)CCCN(C)C)o1.Cl. The number of ether oxygens (including phenoxy) is 1. The van der Waals surface area contributed by atoms with Gasteiger partial charge in [0, 0.05) is 6.92 Å². The summed E-state index contributed by atoms with van der Waals surface area (Å²) in [5, 5.41) is 0. The molecule has 0 radical (unpaired) electrons. The monoisotopic (exact) mass is 375 g/mol. The molecule has 1 rings (SSSR count). The maximum Gasteiger partial charge on any atom is 0.303 e. The highest BCUT2D eigenvalue weighted by Crippen LogP contribution is 2.12. The molecule has 0 N–H and O–H groups in total. The van der Waals surface area contributed by atoms with Crippen LogP contribution in [0.2, 0.25) is 0 Å². The lowest BCUT2D eigenvalue weighted by Gasteiger charge is -2.23. The minimum atomic E-state index is -0.290. The smallest absolute Gasteiger partial charge is 0.303 e. The van der Waals surface area contributed by atoms with Crippen molar-refractivity contribution in [3.63, 3.8) is 0 Å². The number of esters is 1. The van der Waals surface area contributed by atoms with Crippen molar-refractivity contribution in [2.24, 2.45) is 0 Å². The summed E-state index contributed by atoms with van der Waals surface area (Å²) < 4.78 is 10.8. The number of hydrogen-bond acceptors (Lipinski definition) is 6. The van der Waals surface area contributed by atoms with Gasteiger partial charge in [0.25, 0.3) is 0 Å². The van der Waals surface area contributed by atoms with Crippen molar-refractivity contribution in [3.8, 4) is 0 Å². The summed E-state index contributed by atoms with van der Waals surface area (Å²) in [4.78, 5) is 17.7. The van der Waals surface area contributed by atoms with Gasteiger partial charge in [-0.15, -0.1) is 12.4 Å². The quantitative estimate of drug-likeness (QED) is 0.523. The summed E-state index contributed by atoms with van der Waals surface area (Å²) in [5.41, 5.74) is 0. The standard InChI is InChI=1S/C18H33N3O3.ClH/c1-16(22)23-15-18-9-8-17(24-18)14-21(12-6-10-19(2)3)13-7-11-20(4)5;/h8-9H,6-7,10-15H2,1-5H3;1H. The number of carbonyl (C=O) groups is 1. The molecular weight excluding hydrogens is 342 g/mol.